The minimum absolute atomic E-state index is 0.0276. The number of halogens is 1. The standard InChI is InChI=1S/C24H34BrN3O4S/c1-16(2)26-7-5-19(6-8-26)32-23-14-18-13-22(28(17(3)4)21(18)15-20(23)25)24(29)27-9-11-33(30,31)12-10-27/h13-17,19H,5-12H2,1-4H3. The summed E-state index contributed by atoms with van der Waals surface area (Å²) in [5.41, 5.74) is 1.56. The van der Waals surface area contributed by atoms with Crippen LogP contribution in [0.15, 0.2) is 22.7 Å². The van der Waals surface area contributed by atoms with E-state index in [4.69, 9.17) is 4.74 Å². The Kier molecular flexibility index (Phi) is 7.13. The fourth-order valence-electron chi connectivity index (χ4n) is 4.81. The van der Waals surface area contributed by atoms with Crippen LogP contribution in [0.5, 0.6) is 5.75 Å². The third-order valence-electron chi connectivity index (χ3n) is 6.76. The molecule has 2 aliphatic heterocycles. The van der Waals surface area contributed by atoms with Gasteiger partial charge in [0.2, 0.25) is 0 Å². The Morgan fingerprint density at radius 2 is 1.64 bits per heavy atom. The molecule has 0 atom stereocenters. The lowest BCUT2D eigenvalue weighted by Crippen LogP contribution is -2.44. The van der Waals surface area contributed by atoms with Crippen molar-refractivity contribution >= 4 is 42.6 Å². The van der Waals surface area contributed by atoms with Crippen molar-refractivity contribution in [3.63, 3.8) is 0 Å². The molecule has 182 valence electrons. The number of hydrogen-bond acceptors (Lipinski definition) is 5. The molecule has 0 bridgehead atoms. The summed E-state index contributed by atoms with van der Waals surface area (Å²) in [6.45, 7) is 11.1. The van der Waals surface area contributed by atoms with Gasteiger partial charge in [-0.25, -0.2) is 8.42 Å². The zero-order valence-corrected chi connectivity index (χ0v) is 22.3. The lowest BCUT2D eigenvalue weighted by Gasteiger charge is -2.34. The van der Waals surface area contributed by atoms with E-state index < -0.39 is 9.84 Å². The van der Waals surface area contributed by atoms with E-state index in [9.17, 15) is 13.2 Å². The van der Waals surface area contributed by atoms with Crippen molar-refractivity contribution in [1.29, 1.82) is 0 Å². The molecule has 0 aliphatic carbocycles. The monoisotopic (exact) mass is 539 g/mol. The molecule has 1 aromatic carbocycles. The number of fused-ring (bicyclic) bond motifs is 1. The van der Waals surface area contributed by atoms with E-state index in [1.807, 2.05) is 22.8 Å². The maximum Gasteiger partial charge on any atom is 0.270 e. The van der Waals surface area contributed by atoms with Gasteiger partial charge in [0.1, 0.15) is 17.5 Å². The molecular formula is C24H34BrN3O4S. The highest BCUT2D eigenvalue weighted by molar-refractivity contribution is 9.10. The van der Waals surface area contributed by atoms with Crippen LogP contribution >= 0.6 is 15.9 Å². The van der Waals surface area contributed by atoms with Gasteiger partial charge in [-0.05, 0) is 74.7 Å². The Morgan fingerprint density at radius 3 is 2.21 bits per heavy atom. The first kappa shape index (κ1) is 24.5. The third-order valence-corrected chi connectivity index (χ3v) is 8.99. The molecule has 2 saturated heterocycles. The van der Waals surface area contributed by atoms with Crippen LogP contribution in [-0.4, -0.2) is 78.5 Å². The van der Waals surface area contributed by atoms with Crippen molar-refractivity contribution in [1.82, 2.24) is 14.4 Å². The van der Waals surface area contributed by atoms with Gasteiger partial charge in [-0.15, -0.1) is 0 Å². The number of likely N-dealkylation sites (tertiary alicyclic amines) is 1. The molecule has 0 N–H and O–H groups in total. The summed E-state index contributed by atoms with van der Waals surface area (Å²) in [4.78, 5) is 17.5. The van der Waals surface area contributed by atoms with Crippen molar-refractivity contribution in [3.05, 3.63) is 28.4 Å². The summed E-state index contributed by atoms with van der Waals surface area (Å²) in [5, 5.41) is 0.953. The van der Waals surface area contributed by atoms with Gasteiger partial charge in [0.05, 0.1) is 21.5 Å². The first-order valence-corrected chi connectivity index (χ1v) is 14.4. The molecule has 2 fully saturated rings. The largest absolute Gasteiger partial charge is 0.489 e. The molecule has 2 aromatic rings. The molecule has 3 heterocycles. The second-order valence-electron chi connectivity index (χ2n) is 9.73. The summed E-state index contributed by atoms with van der Waals surface area (Å²) in [5.74, 6) is 0.739. The Hall–Kier alpha value is -1.58. The molecule has 0 unspecified atom stereocenters. The van der Waals surface area contributed by atoms with Crippen LogP contribution in [0.2, 0.25) is 0 Å². The molecule has 1 amide bonds. The number of hydrogen-bond donors (Lipinski definition) is 0. The van der Waals surface area contributed by atoms with Gasteiger partial charge in [-0.1, -0.05) is 0 Å². The molecular weight excluding hydrogens is 506 g/mol. The number of piperidine rings is 1. The number of carbonyl (C=O) groups excluding carboxylic acids is 1. The van der Waals surface area contributed by atoms with Crippen molar-refractivity contribution < 1.29 is 17.9 Å². The minimum Gasteiger partial charge on any atom is -0.489 e. The summed E-state index contributed by atoms with van der Waals surface area (Å²) >= 11 is 3.69. The minimum atomic E-state index is -3.04. The highest BCUT2D eigenvalue weighted by Gasteiger charge is 2.29. The second-order valence-corrected chi connectivity index (χ2v) is 12.9. The van der Waals surface area contributed by atoms with Crippen molar-refractivity contribution in [2.75, 3.05) is 37.7 Å². The summed E-state index contributed by atoms with van der Waals surface area (Å²) in [6, 6.07) is 6.60. The first-order chi connectivity index (χ1) is 15.6. The normalized spacial score (nSPS) is 20.2. The van der Waals surface area contributed by atoms with Crippen LogP contribution in [-0.2, 0) is 9.84 Å². The number of ether oxygens (including phenoxy) is 1. The summed E-state index contributed by atoms with van der Waals surface area (Å²) in [7, 11) is -3.04. The number of nitrogens with zero attached hydrogens (tertiary/aromatic N) is 3. The number of benzene rings is 1. The predicted molar refractivity (Wildman–Crippen MR) is 135 cm³/mol. The van der Waals surface area contributed by atoms with Gasteiger partial charge >= 0.3 is 0 Å². The highest BCUT2D eigenvalue weighted by Crippen LogP contribution is 2.36. The number of aromatic nitrogens is 1. The quantitative estimate of drug-likeness (QED) is 0.571. The number of rotatable bonds is 5. The van der Waals surface area contributed by atoms with Crippen LogP contribution in [0.4, 0.5) is 0 Å². The molecule has 4 rings (SSSR count). The van der Waals surface area contributed by atoms with E-state index in [1.165, 1.54) is 0 Å². The van der Waals surface area contributed by atoms with Crippen LogP contribution in [0, 0.1) is 0 Å². The average molecular weight is 541 g/mol. The van der Waals surface area contributed by atoms with Gasteiger partial charge in [-0.2, -0.15) is 0 Å². The zero-order valence-electron chi connectivity index (χ0n) is 19.9. The molecule has 0 spiro atoms. The highest BCUT2D eigenvalue weighted by atomic mass is 79.9. The van der Waals surface area contributed by atoms with Crippen molar-refractivity contribution in [2.24, 2.45) is 0 Å². The Balaban J connectivity index is 1.60. The fourth-order valence-corrected chi connectivity index (χ4v) is 6.43. The Morgan fingerprint density at radius 1 is 1.00 bits per heavy atom. The van der Waals surface area contributed by atoms with E-state index in [1.54, 1.807) is 4.90 Å². The molecule has 1 aromatic heterocycles. The van der Waals surface area contributed by atoms with Gasteiger partial charge in [0.25, 0.3) is 5.91 Å². The maximum atomic E-state index is 13.3. The molecule has 2 aliphatic rings. The van der Waals surface area contributed by atoms with E-state index in [-0.39, 0.29) is 42.6 Å². The second kappa shape index (κ2) is 9.58. The van der Waals surface area contributed by atoms with Crippen molar-refractivity contribution in [3.8, 4) is 5.75 Å². The number of sulfone groups is 1. The lowest BCUT2D eigenvalue weighted by atomic mass is 10.1. The Bertz CT molecular complexity index is 1120. The zero-order chi connectivity index (χ0) is 23.9. The van der Waals surface area contributed by atoms with E-state index >= 15 is 0 Å². The first-order valence-electron chi connectivity index (χ1n) is 11.8. The Labute approximate surface area is 205 Å². The molecule has 0 radical (unpaired) electrons. The van der Waals surface area contributed by atoms with Gasteiger partial charge < -0.3 is 19.1 Å². The van der Waals surface area contributed by atoms with Crippen LogP contribution in [0.1, 0.15) is 57.1 Å². The van der Waals surface area contributed by atoms with E-state index in [2.05, 4.69) is 48.5 Å². The van der Waals surface area contributed by atoms with E-state index in [0.29, 0.717) is 11.7 Å². The van der Waals surface area contributed by atoms with Crippen LogP contribution in [0.3, 0.4) is 0 Å². The number of amides is 1. The van der Waals surface area contributed by atoms with Crippen molar-refractivity contribution in [2.45, 2.75) is 58.7 Å². The molecule has 7 nitrogen and oxygen atoms in total. The smallest absolute Gasteiger partial charge is 0.270 e. The van der Waals surface area contributed by atoms with Crippen LogP contribution < -0.4 is 4.74 Å². The molecule has 9 heteroatoms. The average Bonchev–Trinajstić information content (AvgIpc) is 3.12. The fraction of sp³-hybridized carbons (Fsp3) is 0.625. The van der Waals surface area contributed by atoms with Gasteiger partial charge in [0.15, 0.2) is 9.84 Å². The maximum absolute atomic E-state index is 13.3. The molecule has 33 heavy (non-hydrogen) atoms. The van der Waals surface area contributed by atoms with Gasteiger partial charge in [0, 0.05) is 43.6 Å². The predicted octanol–water partition coefficient (Wildman–Crippen LogP) is 4.11. The SMILES string of the molecule is CC(C)N1CCC(Oc2cc3cc(C(=O)N4CCS(=O)(=O)CC4)n(C(C)C)c3cc2Br)CC1. The lowest BCUT2D eigenvalue weighted by molar-refractivity contribution is 0.0758. The topological polar surface area (TPSA) is 71.8 Å². The third kappa shape index (κ3) is 5.25. The van der Waals surface area contributed by atoms with Crippen LogP contribution in [0.25, 0.3) is 10.9 Å². The van der Waals surface area contributed by atoms with Gasteiger partial charge in [-0.3, -0.25) is 4.79 Å². The van der Waals surface area contributed by atoms with E-state index in [0.717, 1.165) is 47.1 Å². The summed E-state index contributed by atoms with van der Waals surface area (Å²) < 4.78 is 32.9. The number of carbonyl (C=O) groups is 1. The summed E-state index contributed by atoms with van der Waals surface area (Å²) in [6.07, 6.45) is 2.17. The molecule has 0 saturated carbocycles.